The smallest absolute Gasteiger partial charge is 0.247 e. The van der Waals surface area contributed by atoms with Crippen LogP contribution >= 0.6 is 0 Å². The summed E-state index contributed by atoms with van der Waals surface area (Å²) in [7, 11) is -1.33. The first kappa shape index (κ1) is 15.3. The van der Waals surface area contributed by atoms with E-state index in [0.29, 0.717) is 5.75 Å². The Labute approximate surface area is 121 Å². The molecule has 1 saturated heterocycles. The summed E-state index contributed by atoms with van der Waals surface area (Å²) in [6.45, 7) is -0.844. The minimum atomic E-state index is -4.06. The standard InChI is InChI=1S/C12H14N2O6S/c1-19-8-3-4-9(20-2)10(5-8)21(17,18)14-6-11(15)13-12(16)7-14/h3-5H,6-7H2,1-2H3,(H,13,15,16). The van der Waals surface area contributed by atoms with Crippen LogP contribution in [0.3, 0.4) is 0 Å². The van der Waals surface area contributed by atoms with Crippen LogP contribution in [0.25, 0.3) is 0 Å². The van der Waals surface area contributed by atoms with Crippen molar-refractivity contribution in [2.24, 2.45) is 0 Å². The zero-order valence-corrected chi connectivity index (χ0v) is 12.3. The molecule has 0 aromatic heterocycles. The highest BCUT2D eigenvalue weighted by molar-refractivity contribution is 7.89. The van der Waals surface area contributed by atoms with E-state index in [2.05, 4.69) is 0 Å². The maximum absolute atomic E-state index is 12.6. The lowest BCUT2D eigenvalue weighted by Crippen LogP contribution is -2.53. The molecule has 1 aliphatic rings. The van der Waals surface area contributed by atoms with Crippen molar-refractivity contribution in [2.45, 2.75) is 4.90 Å². The molecule has 1 aromatic rings. The van der Waals surface area contributed by atoms with Crippen LogP contribution in [0.1, 0.15) is 0 Å². The van der Waals surface area contributed by atoms with Gasteiger partial charge in [0.05, 0.1) is 27.3 Å². The van der Waals surface area contributed by atoms with Gasteiger partial charge in [0, 0.05) is 6.07 Å². The monoisotopic (exact) mass is 314 g/mol. The molecule has 1 fully saturated rings. The van der Waals surface area contributed by atoms with Crippen LogP contribution < -0.4 is 14.8 Å². The zero-order valence-electron chi connectivity index (χ0n) is 11.5. The minimum Gasteiger partial charge on any atom is -0.497 e. The number of benzene rings is 1. The molecule has 1 heterocycles. The summed E-state index contributed by atoms with van der Waals surface area (Å²) in [5, 5.41) is 2.04. The zero-order chi connectivity index (χ0) is 15.6. The number of hydrogen-bond acceptors (Lipinski definition) is 6. The molecule has 0 unspecified atom stereocenters. The first-order valence-corrected chi connectivity index (χ1v) is 7.37. The van der Waals surface area contributed by atoms with Crippen molar-refractivity contribution in [1.29, 1.82) is 0 Å². The Balaban J connectivity index is 2.47. The minimum absolute atomic E-state index is 0.106. The topological polar surface area (TPSA) is 102 Å². The summed E-state index contributed by atoms with van der Waals surface area (Å²) in [5.74, 6) is -0.912. The fourth-order valence-corrected chi connectivity index (χ4v) is 3.43. The lowest BCUT2D eigenvalue weighted by atomic mass is 10.3. The average molecular weight is 314 g/mol. The van der Waals surface area contributed by atoms with Crippen LogP contribution in [0.15, 0.2) is 23.1 Å². The molecule has 0 atom stereocenters. The predicted octanol–water partition coefficient (Wildman–Crippen LogP) is -0.649. The fourth-order valence-electron chi connectivity index (χ4n) is 1.91. The molecule has 21 heavy (non-hydrogen) atoms. The second-order valence-corrected chi connectivity index (χ2v) is 6.17. The summed E-state index contributed by atoms with van der Waals surface area (Å²) >= 11 is 0. The van der Waals surface area contributed by atoms with Crippen LogP contribution in [0.4, 0.5) is 0 Å². The maximum Gasteiger partial charge on any atom is 0.247 e. The Morgan fingerprint density at radius 1 is 1.10 bits per heavy atom. The summed E-state index contributed by atoms with van der Waals surface area (Å²) < 4.78 is 36.0. The molecule has 0 radical (unpaired) electrons. The number of rotatable bonds is 4. The van der Waals surface area contributed by atoms with Crippen LogP contribution in [-0.2, 0) is 19.6 Å². The van der Waals surface area contributed by atoms with Gasteiger partial charge in [0.25, 0.3) is 0 Å². The van der Waals surface area contributed by atoms with E-state index in [-0.39, 0.29) is 10.6 Å². The normalized spacial score (nSPS) is 16.5. The van der Waals surface area contributed by atoms with E-state index >= 15 is 0 Å². The fraction of sp³-hybridized carbons (Fsp3) is 0.333. The molecule has 114 valence electrons. The highest BCUT2D eigenvalue weighted by Crippen LogP contribution is 2.30. The van der Waals surface area contributed by atoms with E-state index in [1.807, 2.05) is 5.32 Å². The molecule has 2 amide bonds. The molecular formula is C12H14N2O6S. The van der Waals surface area contributed by atoms with E-state index in [4.69, 9.17) is 9.47 Å². The van der Waals surface area contributed by atoms with Gasteiger partial charge in [-0.3, -0.25) is 14.9 Å². The third-order valence-corrected chi connectivity index (χ3v) is 4.72. The molecule has 1 aliphatic heterocycles. The van der Waals surface area contributed by atoms with Gasteiger partial charge in [0.1, 0.15) is 16.4 Å². The van der Waals surface area contributed by atoms with E-state index in [0.717, 1.165) is 4.31 Å². The van der Waals surface area contributed by atoms with E-state index < -0.39 is 34.9 Å². The van der Waals surface area contributed by atoms with Gasteiger partial charge in [-0.15, -0.1) is 0 Å². The number of carbonyl (C=O) groups is 2. The number of methoxy groups -OCH3 is 2. The SMILES string of the molecule is COc1ccc(OC)c(S(=O)(=O)N2CC(=O)NC(=O)C2)c1. The highest BCUT2D eigenvalue weighted by atomic mass is 32.2. The van der Waals surface area contributed by atoms with Crippen LogP contribution in [0.5, 0.6) is 11.5 Å². The largest absolute Gasteiger partial charge is 0.497 e. The summed E-state index contributed by atoms with van der Waals surface area (Å²) in [4.78, 5) is 22.5. The Morgan fingerprint density at radius 2 is 1.71 bits per heavy atom. The van der Waals surface area contributed by atoms with E-state index in [9.17, 15) is 18.0 Å². The predicted molar refractivity (Wildman–Crippen MR) is 71.5 cm³/mol. The Morgan fingerprint density at radius 3 is 2.24 bits per heavy atom. The molecule has 1 aromatic carbocycles. The van der Waals surface area contributed by atoms with Crippen molar-refractivity contribution in [2.75, 3.05) is 27.3 Å². The van der Waals surface area contributed by atoms with Crippen LogP contribution in [0, 0.1) is 0 Å². The molecular weight excluding hydrogens is 300 g/mol. The van der Waals surface area contributed by atoms with Gasteiger partial charge in [-0.1, -0.05) is 0 Å². The quantitative estimate of drug-likeness (QED) is 0.741. The van der Waals surface area contributed by atoms with Crippen LogP contribution in [0.2, 0.25) is 0 Å². The summed E-state index contributed by atoms with van der Waals surface area (Å²) in [5.41, 5.74) is 0. The summed E-state index contributed by atoms with van der Waals surface area (Å²) in [6, 6.07) is 4.27. The van der Waals surface area contributed by atoms with E-state index in [1.165, 1.54) is 26.4 Å². The van der Waals surface area contributed by atoms with Crippen molar-refractivity contribution in [3.8, 4) is 11.5 Å². The second kappa shape index (κ2) is 5.70. The molecule has 1 N–H and O–H groups in total. The van der Waals surface area contributed by atoms with E-state index in [1.54, 1.807) is 6.07 Å². The molecule has 0 aliphatic carbocycles. The van der Waals surface area contributed by atoms with Gasteiger partial charge in [0.2, 0.25) is 21.8 Å². The third-order valence-electron chi connectivity index (χ3n) is 2.91. The second-order valence-electron chi connectivity index (χ2n) is 4.26. The maximum atomic E-state index is 12.6. The number of amides is 2. The third kappa shape index (κ3) is 2.98. The van der Waals surface area contributed by atoms with Gasteiger partial charge in [-0.05, 0) is 12.1 Å². The van der Waals surface area contributed by atoms with Crippen LogP contribution in [-0.4, -0.2) is 51.8 Å². The van der Waals surface area contributed by atoms with Gasteiger partial charge >= 0.3 is 0 Å². The molecule has 2 rings (SSSR count). The number of hydrogen-bond donors (Lipinski definition) is 1. The molecule has 0 spiro atoms. The Kier molecular flexibility index (Phi) is 4.14. The Hall–Kier alpha value is -2.13. The number of nitrogens with zero attached hydrogens (tertiary/aromatic N) is 1. The molecule has 8 nitrogen and oxygen atoms in total. The first-order chi connectivity index (χ1) is 9.88. The number of imide groups is 1. The van der Waals surface area contributed by atoms with Gasteiger partial charge < -0.3 is 9.47 Å². The van der Waals surface area contributed by atoms with Gasteiger partial charge in [-0.25, -0.2) is 8.42 Å². The van der Waals surface area contributed by atoms with Gasteiger partial charge in [0.15, 0.2) is 0 Å². The lowest BCUT2D eigenvalue weighted by Gasteiger charge is -2.25. The number of carbonyl (C=O) groups excluding carboxylic acids is 2. The number of piperazine rings is 1. The lowest BCUT2D eigenvalue weighted by molar-refractivity contribution is -0.134. The van der Waals surface area contributed by atoms with Crippen molar-refractivity contribution in [1.82, 2.24) is 9.62 Å². The molecule has 0 bridgehead atoms. The van der Waals surface area contributed by atoms with Crippen molar-refractivity contribution < 1.29 is 27.5 Å². The number of ether oxygens (including phenoxy) is 2. The molecule has 0 saturated carbocycles. The van der Waals surface area contributed by atoms with Crippen molar-refractivity contribution in [3.05, 3.63) is 18.2 Å². The van der Waals surface area contributed by atoms with Gasteiger partial charge in [-0.2, -0.15) is 4.31 Å². The highest BCUT2D eigenvalue weighted by Gasteiger charge is 2.34. The number of nitrogens with one attached hydrogen (secondary N) is 1. The summed E-state index contributed by atoms with van der Waals surface area (Å²) in [6.07, 6.45) is 0. The number of sulfonamides is 1. The van der Waals surface area contributed by atoms with Crippen molar-refractivity contribution in [3.63, 3.8) is 0 Å². The van der Waals surface area contributed by atoms with Crippen molar-refractivity contribution >= 4 is 21.8 Å². The first-order valence-electron chi connectivity index (χ1n) is 5.93. The average Bonchev–Trinajstić information content (AvgIpc) is 2.45. The Bertz CT molecular complexity index is 669. The molecule has 9 heteroatoms.